The van der Waals surface area contributed by atoms with E-state index in [9.17, 15) is 4.79 Å². The number of benzene rings is 1. The number of likely N-dealkylation sites (tertiary alicyclic amines) is 1. The predicted octanol–water partition coefficient (Wildman–Crippen LogP) is 3.73. The Morgan fingerprint density at radius 2 is 2.00 bits per heavy atom. The number of carbonyl (C=O) groups is 1. The van der Waals surface area contributed by atoms with Crippen molar-refractivity contribution in [2.45, 2.75) is 19.4 Å². The maximum Gasteiger partial charge on any atom is 0.261 e. The normalized spacial score (nSPS) is 18.7. The van der Waals surface area contributed by atoms with Crippen molar-refractivity contribution in [1.29, 1.82) is 0 Å². The number of thiophene rings is 1. The molecule has 0 bridgehead atoms. The maximum absolute atomic E-state index is 13.1. The van der Waals surface area contributed by atoms with Crippen LogP contribution in [-0.2, 0) is 4.74 Å². The van der Waals surface area contributed by atoms with Gasteiger partial charge in [0.05, 0.1) is 39.7 Å². The van der Waals surface area contributed by atoms with Crippen LogP contribution in [0.15, 0.2) is 48.7 Å². The fourth-order valence-corrected chi connectivity index (χ4v) is 6.02. The summed E-state index contributed by atoms with van der Waals surface area (Å²) in [5.41, 5.74) is 5.08. The van der Waals surface area contributed by atoms with Gasteiger partial charge in [0.25, 0.3) is 5.91 Å². The number of ether oxygens (including phenoxy) is 1. The van der Waals surface area contributed by atoms with Crippen LogP contribution >= 0.6 is 11.3 Å². The minimum absolute atomic E-state index is 0.0198. The second kappa shape index (κ2) is 9.65. The molecule has 1 amide bonds. The first-order valence-corrected chi connectivity index (χ1v) is 13.2. The minimum atomic E-state index is -0.0198. The third-order valence-electron chi connectivity index (χ3n) is 6.89. The van der Waals surface area contributed by atoms with E-state index in [0.29, 0.717) is 18.1 Å². The van der Waals surface area contributed by atoms with E-state index in [1.807, 2.05) is 29.1 Å². The highest BCUT2D eigenvalue weighted by atomic mass is 32.1. The molecule has 6 rings (SSSR count). The number of aryl methyl sites for hydroxylation is 1. The Balaban J connectivity index is 1.37. The molecule has 36 heavy (non-hydrogen) atoms. The number of carbonyl (C=O) groups excluding carboxylic acids is 1. The first kappa shape index (κ1) is 23.1. The number of anilines is 1. The van der Waals surface area contributed by atoms with Crippen LogP contribution < -0.4 is 10.2 Å². The summed E-state index contributed by atoms with van der Waals surface area (Å²) in [4.78, 5) is 23.3. The molecule has 1 atom stereocenters. The standard InChI is InChI=1S/C27H30N6O2S/c1-18-4-3-5-19(14-18)21-7-9-33(30-21)25-16-23(32-10-12-35-13-11-32)26-22(29-25)15-24(36-26)27(34)28-20-6-8-31(2)17-20/h3-5,7,9,14-16,20H,6,8,10-13,17H2,1-2H3,(H,28,34). The number of nitrogens with one attached hydrogen (secondary N) is 1. The van der Waals surface area contributed by atoms with Gasteiger partial charge in [-0.2, -0.15) is 5.10 Å². The van der Waals surface area contributed by atoms with Crippen LogP contribution in [0.2, 0.25) is 0 Å². The maximum atomic E-state index is 13.1. The van der Waals surface area contributed by atoms with E-state index in [4.69, 9.17) is 14.8 Å². The molecule has 1 aromatic carbocycles. The second-order valence-corrected chi connectivity index (χ2v) is 10.7. The van der Waals surface area contributed by atoms with E-state index in [0.717, 1.165) is 65.6 Å². The first-order valence-electron chi connectivity index (χ1n) is 12.4. The number of aromatic nitrogens is 3. The highest BCUT2D eigenvalue weighted by Crippen LogP contribution is 2.35. The molecule has 0 radical (unpaired) electrons. The van der Waals surface area contributed by atoms with Gasteiger partial charge < -0.3 is 19.9 Å². The highest BCUT2D eigenvalue weighted by molar-refractivity contribution is 7.21. The molecule has 0 saturated carbocycles. The highest BCUT2D eigenvalue weighted by Gasteiger charge is 2.24. The van der Waals surface area contributed by atoms with Crippen LogP contribution in [0.3, 0.4) is 0 Å². The van der Waals surface area contributed by atoms with Gasteiger partial charge in [0.2, 0.25) is 0 Å². The van der Waals surface area contributed by atoms with Crippen molar-refractivity contribution >= 4 is 33.1 Å². The summed E-state index contributed by atoms with van der Waals surface area (Å²) in [5, 5.41) is 8.04. The number of nitrogens with zero attached hydrogens (tertiary/aromatic N) is 5. The van der Waals surface area contributed by atoms with Crippen molar-refractivity contribution in [3.63, 3.8) is 0 Å². The van der Waals surface area contributed by atoms with Crippen molar-refractivity contribution in [2.24, 2.45) is 0 Å². The molecule has 1 N–H and O–H groups in total. The first-order chi connectivity index (χ1) is 17.5. The SMILES string of the molecule is Cc1cccc(-c2ccn(-c3cc(N4CCOCC4)c4sc(C(=O)NC5CCN(C)C5)cc4n3)n2)c1. The fraction of sp³-hybridized carbons (Fsp3) is 0.370. The van der Waals surface area contributed by atoms with Crippen molar-refractivity contribution in [3.8, 4) is 17.1 Å². The summed E-state index contributed by atoms with van der Waals surface area (Å²) < 4.78 is 8.45. The number of fused-ring (bicyclic) bond motifs is 1. The largest absolute Gasteiger partial charge is 0.378 e. The molecule has 2 aliphatic rings. The molecule has 0 aliphatic carbocycles. The molecular formula is C27H30N6O2S. The van der Waals surface area contributed by atoms with Crippen LogP contribution in [-0.4, -0.2) is 78.1 Å². The molecule has 1 unspecified atom stereocenters. The number of morpholine rings is 1. The third-order valence-corrected chi connectivity index (χ3v) is 8.03. The van der Waals surface area contributed by atoms with Gasteiger partial charge in [-0.15, -0.1) is 11.3 Å². The van der Waals surface area contributed by atoms with Crippen LogP contribution in [0.25, 0.3) is 27.3 Å². The summed E-state index contributed by atoms with van der Waals surface area (Å²) in [6, 6.07) is 14.6. The lowest BCUT2D eigenvalue weighted by Crippen LogP contribution is -2.36. The van der Waals surface area contributed by atoms with Gasteiger partial charge in [-0.25, -0.2) is 9.67 Å². The van der Waals surface area contributed by atoms with Gasteiger partial charge in [0, 0.05) is 43.5 Å². The molecular weight excluding hydrogens is 472 g/mol. The Bertz CT molecular complexity index is 1410. The van der Waals surface area contributed by atoms with Gasteiger partial charge in [0.15, 0.2) is 5.82 Å². The number of hydrogen-bond acceptors (Lipinski definition) is 7. The Labute approximate surface area is 214 Å². The zero-order valence-corrected chi connectivity index (χ0v) is 21.4. The van der Waals surface area contributed by atoms with Crippen molar-refractivity contribution in [1.82, 2.24) is 25.0 Å². The average Bonchev–Trinajstić information content (AvgIpc) is 3.63. The monoisotopic (exact) mass is 502 g/mol. The zero-order valence-electron chi connectivity index (χ0n) is 20.6. The van der Waals surface area contributed by atoms with Crippen LogP contribution in [0.4, 0.5) is 5.69 Å². The van der Waals surface area contributed by atoms with Gasteiger partial charge >= 0.3 is 0 Å². The van der Waals surface area contributed by atoms with Gasteiger partial charge in [-0.1, -0.05) is 23.8 Å². The summed E-state index contributed by atoms with van der Waals surface area (Å²) in [7, 11) is 2.09. The van der Waals surface area contributed by atoms with E-state index in [2.05, 4.69) is 53.4 Å². The lowest BCUT2D eigenvalue weighted by Gasteiger charge is -2.29. The van der Waals surface area contributed by atoms with E-state index < -0.39 is 0 Å². The molecule has 0 spiro atoms. The molecule has 2 fully saturated rings. The predicted molar refractivity (Wildman–Crippen MR) is 143 cm³/mol. The molecule has 5 heterocycles. The summed E-state index contributed by atoms with van der Waals surface area (Å²) >= 11 is 1.52. The number of rotatable bonds is 5. The number of hydrogen-bond donors (Lipinski definition) is 1. The number of amides is 1. The third kappa shape index (κ3) is 4.61. The van der Waals surface area contributed by atoms with Crippen molar-refractivity contribution in [2.75, 3.05) is 51.3 Å². The van der Waals surface area contributed by atoms with Crippen molar-refractivity contribution in [3.05, 3.63) is 59.1 Å². The van der Waals surface area contributed by atoms with Crippen LogP contribution in [0, 0.1) is 6.92 Å². The lowest BCUT2D eigenvalue weighted by molar-refractivity contribution is 0.0942. The van der Waals surface area contributed by atoms with Gasteiger partial charge in [-0.05, 0) is 45.1 Å². The van der Waals surface area contributed by atoms with Crippen LogP contribution in [0.5, 0.6) is 0 Å². The molecule has 9 heteroatoms. The van der Waals surface area contributed by atoms with E-state index >= 15 is 0 Å². The number of likely N-dealkylation sites (N-methyl/N-ethyl adjacent to an activating group) is 1. The molecule has 8 nitrogen and oxygen atoms in total. The quantitative estimate of drug-likeness (QED) is 0.448. The Morgan fingerprint density at radius 1 is 1.14 bits per heavy atom. The van der Waals surface area contributed by atoms with Crippen LogP contribution in [0.1, 0.15) is 21.7 Å². The minimum Gasteiger partial charge on any atom is -0.378 e. The lowest BCUT2D eigenvalue weighted by atomic mass is 10.1. The topological polar surface area (TPSA) is 75.5 Å². The molecule has 2 saturated heterocycles. The molecule has 3 aromatic heterocycles. The zero-order chi connectivity index (χ0) is 24.6. The smallest absolute Gasteiger partial charge is 0.261 e. The average molecular weight is 503 g/mol. The second-order valence-electron chi connectivity index (χ2n) is 9.66. The van der Waals surface area contributed by atoms with Crippen molar-refractivity contribution < 1.29 is 9.53 Å². The number of pyridine rings is 1. The summed E-state index contributed by atoms with van der Waals surface area (Å²) in [6.45, 7) is 6.97. The Kier molecular flexibility index (Phi) is 6.20. The Hall–Kier alpha value is -3.27. The van der Waals surface area contributed by atoms with E-state index in [1.54, 1.807) is 0 Å². The molecule has 4 aromatic rings. The van der Waals surface area contributed by atoms with Gasteiger partial charge in [0.1, 0.15) is 0 Å². The van der Waals surface area contributed by atoms with Gasteiger partial charge in [-0.3, -0.25) is 4.79 Å². The van der Waals surface area contributed by atoms with E-state index in [-0.39, 0.29) is 11.9 Å². The summed E-state index contributed by atoms with van der Waals surface area (Å²) in [6.07, 6.45) is 2.93. The Morgan fingerprint density at radius 3 is 2.78 bits per heavy atom. The molecule has 2 aliphatic heterocycles. The fourth-order valence-electron chi connectivity index (χ4n) is 4.98. The van der Waals surface area contributed by atoms with E-state index in [1.165, 1.54) is 16.9 Å². The summed E-state index contributed by atoms with van der Waals surface area (Å²) in [5.74, 6) is 0.721. The molecule has 186 valence electrons.